The third kappa shape index (κ3) is 4.82. The van der Waals surface area contributed by atoms with E-state index in [0.29, 0.717) is 6.61 Å². The summed E-state index contributed by atoms with van der Waals surface area (Å²) in [5, 5.41) is 4.26. The van der Waals surface area contributed by atoms with Crippen LogP contribution in [0.4, 0.5) is 0 Å². The van der Waals surface area contributed by atoms with Crippen LogP contribution < -0.4 is 4.74 Å². The van der Waals surface area contributed by atoms with Gasteiger partial charge in [-0.25, -0.2) is 0 Å². The predicted octanol–water partition coefficient (Wildman–Crippen LogP) is 2.49. The molecule has 2 heterocycles. The van der Waals surface area contributed by atoms with Gasteiger partial charge in [0.25, 0.3) is 0 Å². The van der Waals surface area contributed by atoms with Crippen LogP contribution in [0.3, 0.4) is 0 Å². The van der Waals surface area contributed by atoms with E-state index in [1.807, 2.05) is 46.1 Å². The zero-order valence-corrected chi connectivity index (χ0v) is 14.6. The van der Waals surface area contributed by atoms with Crippen molar-refractivity contribution in [2.24, 2.45) is 0 Å². The molecule has 1 atom stereocenters. The molecular weight excluding hydrogens is 318 g/mol. The summed E-state index contributed by atoms with van der Waals surface area (Å²) < 4.78 is 12.7. The highest BCUT2D eigenvalue weighted by Gasteiger charge is 2.27. The van der Waals surface area contributed by atoms with Gasteiger partial charge >= 0.3 is 0 Å². The Bertz CT molecular complexity index is 672. The minimum Gasteiger partial charge on any atom is -0.497 e. The molecule has 0 spiro atoms. The van der Waals surface area contributed by atoms with E-state index in [1.54, 1.807) is 13.3 Å². The molecule has 3 rings (SSSR count). The van der Waals surface area contributed by atoms with E-state index in [0.717, 1.165) is 43.7 Å². The van der Waals surface area contributed by atoms with E-state index in [9.17, 15) is 4.79 Å². The van der Waals surface area contributed by atoms with Gasteiger partial charge in [-0.2, -0.15) is 5.10 Å². The number of hydrogen-bond acceptors (Lipinski definition) is 4. The zero-order valence-electron chi connectivity index (χ0n) is 14.6. The van der Waals surface area contributed by atoms with Crippen LogP contribution in [0.2, 0.25) is 0 Å². The summed E-state index contributed by atoms with van der Waals surface area (Å²) >= 11 is 0. The molecule has 1 aliphatic heterocycles. The third-order valence-corrected chi connectivity index (χ3v) is 4.53. The maximum absolute atomic E-state index is 12.6. The number of benzene rings is 1. The van der Waals surface area contributed by atoms with Crippen LogP contribution >= 0.6 is 0 Å². The fourth-order valence-electron chi connectivity index (χ4n) is 3.24. The number of nitrogens with zero attached hydrogens (tertiary/aromatic N) is 3. The van der Waals surface area contributed by atoms with Crippen molar-refractivity contribution in [3.8, 4) is 5.75 Å². The topological polar surface area (TPSA) is 56.6 Å². The fraction of sp³-hybridized carbons (Fsp3) is 0.474. The minimum absolute atomic E-state index is 0.0553. The summed E-state index contributed by atoms with van der Waals surface area (Å²) in [7, 11) is 1.64. The maximum atomic E-state index is 12.6. The minimum atomic E-state index is 0.0553. The lowest BCUT2D eigenvalue weighted by Crippen LogP contribution is -2.47. The second-order valence-corrected chi connectivity index (χ2v) is 6.31. The van der Waals surface area contributed by atoms with Crippen molar-refractivity contribution < 1.29 is 14.3 Å². The molecule has 0 radical (unpaired) electrons. The molecule has 1 saturated heterocycles. The Labute approximate surface area is 148 Å². The molecule has 1 amide bonds. The highest BCUT2D eigenvalue weighted by Crippen LogP contribution is 2.19. The average Bonchev–Trinajstić information content (AvgIpc) is 3.15. The molecular formula is C19H25N3O3. The molecule has 0 bridgehead atoms. The molecule has 0 saturated carbocycles. The van der Waals surface area contributed by atoms with Crippen LogP contribution in [-0.4, -0.2) is 46.9 Å². The summed E-state index contributed by atoms with van der Waals surface area (Å²) in [5.41, 5.74) is 0.999. The van der Waals surface area contributed by atoms with Gasteiger partial charge in [-0.1, -0.05) is 12.1 Å². The van der Waals surface area contributed by atoms with Crippen molar-refractivity contribution in [1.29, 1.82) is 0 Å². The summed E-state index contributed by atoms with van der Waals surface area (Å²) in [6.07, 6.45) is 6.93. The molecule has 2 aromatic rings. The quantitative estimate of drug-likeness (QED) is 0.775. The molecule has 0 N–H and O–H groups in total. The fourth-order valence-corrected chi connectivity index (χ4v) is 3.24. The van der Waals surface area contributed by atoms with E-state index in [2.05, 4.69) is 5.10 Å². The Morgan fingerprint density at radius 3 is 3.04 bits per heavy atom. The van der Waals surface area contributed by atoms with Crippen molar-refractivity contribution in [1.82, 2.24) is 14.7 Å². The number of piperidine rings is 1. The molecule has 1 aromatic heterocycles. The average molecular weight is 343 g/mol. The Morgan fingerprint density at radius 2 is 2.24 bits per heavy atom. The Balaban J connectivity index is 1.51. The van der Waals surface area contributed by atoms with Gasteiger partial charge in [-0.05, 0) is 43.0 Å². The lowest BCUT2D eigenvalue weighted by molar-refractivity contribution is -0.140. The van der Waals surface area contributed by atoms with Gasteiger partial charge in [0.2, 0.25) is 5.91 Å². The van der Waals surface area contributed by atoms with Gasteiger partial charge in [0, 0.05) is 18.9 Å². The first-order valence-electron chi connectivity index (χ1n) is 8.74. The molecule has 1 aromatic carbocycles. The van der Waals surface area contributed by atoms with Gasteiger partial charge in [0.05, 0.1) is 26.3 Å². The summed E-state index contributed by atoms with van der Waals surface area (Å²) in [6, 6.07) is 9.81. The van der Waals surface area contributed by atoms with Crippen molar-refractivity contribution >= 4 is 5.91 Å². The van der Waals surface area contributed by atoms with Crippen LogP contribution in [0.25, 0.3) is 0 Å². The van der Waals surface area contributed by atoms with Gasteiger partial charge < -0.3 is 14.4 Å². The second-order valence-electron chi connectivity index (χ2n) is 6.31. The van der Waals surface area contributed by atoms with E-state index in [4.69, 9.17) is 9.47 Å². The second kappa shape index (κ2) is 8.67. The summed E-state index contributed by atoms with van der Waals surface area (Å²) in [6.45, 7) is 2.05. The monoisotopic (exact) mass is 343 g/mol. The van der Waals surface area contributed by atoms with Crippen LogP contribution in [0, 0.1) is 0 Å². The van der Waals surface area contributed by atoms with Crippen molar-refractivity contribution in [2.75, 3.05) is 20.3 Å². The van der Waals surface area contributed by atoms with Crippen LogP contribution in [-0.2, 0) is 22.7 Å². The number of carbonyl (C=O) groups excluding carboxylic acids is 1. The SMILES string of the molecule is COc1cccc(COCC(=O)N2CCCCC2Cn2cccn2)c1. The Morgan fingerprint density at radius 1 is 1.32 bits per heavy atom. The predicted molar refractivity (Wildman–Crippen MR) is 94.2 cm³/mol. The van der Waals surface area contributed by atoms with E-state index < -0.39 is 0 Å². The number of amides is 1. The maximum Gasteiger partial charge on any atom is 0.248 e. The molecule has 134 valence electrons. The first-order chi connectivity index (χ1) is 12.3. The lowest BCUT2D eigenvalue weighted by Gasteiger charge is -2.35. The molecule has 6 heteroatoms. The Kier molecular flexibility index (Phi) is 6.06. The van der Waals surface area contributed by atoms with E-state index >= 15 is 0 Å². The summed E-state index contributed by atoms with van der Waals surface area (Å²) in [5.74, 6) is 0.850. The number of hydrogen-bond donors (Lipinski definition) is 0. The molecule has 1 fully saturated rings. The Hall–Kier alpha value is -2.34. The molecule has 0 aliphatic carbocycles. The highest BCUT2D eigenvalue weighted by atomic mass is 16.5. The van der Waals surface area contributed by atoms with Gasteiger partial charge in [0.1, 0.15) is 12.4 Å². The number of carbonyl (C=O) groups is 1. The molecule has 6 nitrogen and oxygen atoms in total. The smallest absolute Gasteiger partial charge is 0.248 e. The van der Waals surface area contributed by atoms with Crippen LogP contribution in [0.15, 0.2) is 42.7 Å². The highest BCUT2D eigenvalue weighted by molar-refractivity contribution is 5.77. The van der Waals surface area contributed by atoms with Crippen LogP contribution in [0.1, 0.15) is 24.8 Å². The number of rotatable bonds is 7. The third-order valence-electron chi connectivity index (χ3n) is 4.53. The standard InChI is InChI=1S/C19H25N3O3/c1-24-18-8-4-6-16(12-18)14-25-15-19(23)22-11-3-2-7-17(22)13-21-10-5-9-20-21/h4-6,8-10,12,17H,2-3,7,11,13-15H2,1H3. The summed E-state index contributed by atoms with van der Waals surface area (Å²) in [4.78, 5) is 14.6. The van der Waals surface area contributed by atoms with Gasteiger partial charge in [-0.15, -0.1) is 0 Å². The van der Waals surface area contributed by atoms with Crippen LogP contribution in [0.5, 0.6) is 5.75 Å². The number of ether oxygens (including phenoxy) is 2. The first-order valence-corrected chi connectivity index (χ1v) is 8.74. The number of methoxy groups -OCH3 is 1. The number of aromatic nitrogens is 2. The van der Waals surface area contributed by atoms with Crippen molar-refractivity contribution in [2.45, 2.75) is 38.5 Å². The van der Waals surface area contributed by atoms with Crippen molar-refractivity contribution in [3.05, 3.63) is 48.3 Å². The number of likely N-dealkylation sites (tertiary alicyclic amines) is 1. The van der Waals surface area contributed by atoms with Crippen molar-refractivity contribution in [3.63, 3.8) is 0 Å². The largest absolute Gasteiger partial charge is 0.497 e. The van der Waals surface area contributed by atoms with Gasteiger partial charge in [-0.3, -0.25) is 9.48 Å². The zero-order chi connectivity index (χ0) is 17.5. The van der Waals surface area contributed by atoms with Gasteiger partial charge in [0.15, 0.2) is 0 Å². The molecule has 1 unspecified atom stereocenters. The normalized spacial score (nSPS) is 17.5. The molecule has 25 heavy (non-hydrogen) atoms. The molecule has 1 aliphatic rings. The van der Waals surface area contributed by atoms with E-state index in [1.165, 1.54) is 0 Å². The first kappa shape index (κ1) is 17.5. The van der Waals surface area contributed by atoms with E-state index in [-0.39, 0.29) is 18.6 Å². The lowest BCUT2D eigenvalue weighted by atomic mass is 10.0.